The highest BCUT2D eigenvalue weighted by molar-refractivity contribution is 5.98. The van der Waals surface area contributed by atoms with Gasteiger partial charge in [-0.25, -0.2) is 0 Å². The molecule has 1 aromatic rings. The standard InChI is InChI=1S/C14H21N3O2/c1-19-7-6-14(4-5-14)9-17-10-2-3-12(15)11(8-10)13(16)18/h2-3,8,17H,4-7,9,15H2,1H3,(H2,16,18). The van der Waals surface area contributed by atoms with Gasteiger partial charge in [0.1, 0.15) is 0 Å². The van der Waals surface area contributed by atoms with E-state index in [2.05, 4.69) is 5.32 Å². The second-order valence-electron chi connectivity index (χ2n) is 5.26. The molecule has 1 amide bonds. The van der Waals surface area contributed by atoms with Crippen molar-refractivity contribution in [3.8, 4) is 0 Å². The predicted octanol–water partition coefficient (Wildman–Crippen LogP) is 1.60. The fraction of sp³-hybridized carbons (Fsp3) is 0.500. The van der Waals surface area contributed by atoms with Crippen LogP contribution in [0.5, 0.6) is 0 Å². The largest absolute Gasteiger partial charge is 0.398 e. The van der Waals surface area contributed by atoms with E-state index < -0.39 is 5.91 Å². The summed E-state index contributed by atoms with van der Waals surface area (Å²) >= 11 is 0. The highest BCUT2D eigenvalue weighted by Crippen LogP contribution is 2.48. The molecule has 0 aliphatic heterocycles. The number of ether oxygens (including phenoxy) is 1. The van der Waals surface area contributed by atoms with Gasteiger partial charge >= 0.3 is 0 Å². The highest BCUT2D eigenvalue weighted by atomic mass is 16.5. The maximum absolute atomic E-state index is 11.2. The fourth-order valence-electron chi connectivity index (χ4n) is 2.18. The fourth-order valence-corrected chi connectivity index (χ4v) is 2.18. The molecule has 104 valence electrons. The summed E-state index contributed by atoms with van der Waals surface area (Å²) in [5.41, 5.74) is 13.0. The molecule has 1 aliphatic carbocycles. The molecule has 1 saturated carbocycles. The number of nitrogens with two attached hydrogens (primary N) is 2. The van der Waals surface area contributed by atoms with Gasteiger partial charge in [0.05, 0.1) is 5.56 Å². The Balaban J connectivity index is 1.96. The normalized spacial score (nSPS) is 16.1. The summed E-state index contributed by atoms with van der Waals surface area (Å²) in [7, 11) is 1.72. The summed E-state index contributed by atoms with van der Waals surface area (Å²) in [5, 5.41) is 3.36. The van der Waals surface area contributed by atoms with Crippen molar-refractivity contribution < 1.29 is 9.53 Å². The average Bonchev–Trinajstić information content (AvgIpc) is 3.16. The number of carbonyl (C=O) groups excluding carboxylic acids is 1. The number of methoxy groups -OCH3 is 1. The smallest absolute Gasteiger partial charge is 0.250 e. The minimum absolute atomic E-state index is 0.351. The van der Waals surface area contributed by atoms with Gasteiger partial charge in [0.2, 0.25) is 0 Å². The first-order valence-electron chi connectivity index (χ1n) is 6.48. The zero-order chi connectivity index (χ0) is 13.9. The first kappa shape index (κ1) is 13.7. The topological polar surface area (TPSA) is 90.4 Å². The minimum atomic E-state index is -0.498. The highest BCUT2D eigenvalue weighted by Gasteiger charge is 2.41. The summed E-state index contributed by atoms with van der Waals surface area (Å²) in [6.07, 6.45) is 3.51. The average molecular weight is 263 g/mol. The van der Waals surface area contributed by atoms with Gasteiger partial charge < -0.3 is 21.5 Å². The van der Waals surface area contributed by atoms with Crippen LogP contribution in [0.15, 0.2) is 18.2 Å². The van der Waals surface area contributed by atoms with Crippen molar-refractivity contribution >= 4 is 17.3 Å². The summed E-state index contributed by atoms with van der Waals surface area (Å²) in [6, 6.07) is 5.29. The zero-order valence-corrected chi connectivity index (χ0v) is 11.2. The lowest BCUT2D eigenvalue weighted by Gasteiger charge is -2.17. The second kappa shape index (κ2) is 5.48. The van der Waals surface area contributed by atoms with E-state index in [1.807, 2.05) is 6.07 Å². The number of anilines is 2. The Hall–Kier alpha value is -1.75. The molecular formula is C14H21N3O2. The van der Waals surface area contributed by atoms with Crippen LogP contribution in [0.2, 0.25) is 0 Å². The third-order valence-corrected chi connectivity index (χ3v) is 3.78. The molecule has 2 rings (SSSR count). The summed E-state index contributed by atoms with van der Waals surface area (Å²) in [4.78, 5) is 11.2. The molecule has 0 bridgehead atoms. The molecule has 0 spiro atoms. The summed E-state index contributed by atoms with van der Waals surface area (Å²) in [5.74, 6) is -0.498. The molecule has 5 heteroatoms. The number of hydrogen-bond acceptors (Lipinski definition) is 4. The Bertz CT molecular complexity index is 470. The van der Waals surface area contributed by atoms with Crippen molar-refractivity contribution in [2.24, 2.45) is 11.1 Å². The van der Waals surface area contributed by atoms with Crippen molar-refractivity contribution in [3.63, 3.8) is 0 Å². The lowest BCUT2D eigenvalue weighted by molar-refractivity contribution is 0.100. The molecule has 0 unspecified atom stereocenters. The lowest BCUT2D eigenvalue weighted by Crippen LogP contribution is -2.18. The van der Waals surface area contributed by atoms with E-state index in [1.54, 1.807) is 19.2 Å². The Labute approximate surface area is 113 Å². The van der Waals surface area contributed by atoms with Crippen LogP contribution in [0.3, 0.4) is 0 Å². The van der Waals surface area contributed by atoms with Gasteiger partial charge in [0.15, 0.2) is 0 Å². The van der Waals surface area contributed by atoms with E-state index in [0.717, 1.165) is 25.3 Å². The lowest BCUT2D eigenvalue weighted by atomic mass is 10.0. The monoisotopic (exact) mass is 263 g/mol. The van der Waals surface area contributed by atoms with Gasteiger partial charge in [-0.2, -0.15) is 0 Å². The number of benzene rings is 1. The summed E-state index contributed by atoms with van der Waals surface area (Å²) < 4.78 is 5.13. The number of primary amides is 1. The first-order chi connectivity index (χ1) is 9.06. The number of nitrogens with one attached hydrogen (secondary N) is 1. The van der Waals surface area contributed by atoms with Gasteiger partial charge in [-0.3, -0.25) is 4.79 Å². The van der Waals surface area contributed by atoms with E-state index in [1.165, 1.54) is 12.8 Å². The maximum Gasteiger partial charge on any atom is 0.250 e. The third kappa shape index (κ3) is 3.38. The minimum Gasteiger partial charge on any atom is -0.398 e. The van der Waals surface area contributed by atoms with Crippen LogP contribution in [0, 0.1) is 5.41 Å². The van der Waals surface area contributed by atoms with E-state index in [4.69, 9.17) is 16.2 Å². The molecular weight excluding hydrogens is 242 g/mol. The van der Waals surface area contributed by atoms with Crippen molar-refractivity contribution in [3.05, 3.63) is 23.8 Å². The predicted molar refractivity (Wildman–Crippen MR) is 76.0 cm³/mol. The number of hydrogen-bond donors (Lipinski definition) is 3. The molecule has 0 radical (unpaired) electrons. The Morgan fingerprint density at radius 2 is 2.21 bits per heavy atom. The van der Waals surface area contributed by atoms with Gasteiger partial charge in [0.25, 0.3) is 5.91 Å². The van der Waals surface area contributed by atoms with Gasteiger partial charge in [-0.15, -0.1) is 0 Å². The van der Waals surface area contributed by atoms with Crippen molar-refractivity contribution in [2.75, 3.05) is 31.3 Å². The van der Waals surface area contributed by atoms with Gasteiger partial charge in [-0.05, 0) is 42.9 Å². The molecule has 0 heterocycles. The molecule has 1 fully saturated rings. The van der Waals surface area contributed by atoms with Crippen LogP contribution in [-0.2, 0) is 4.74 Å². The quantitative estimate of drug-likeness (QED) is 0.652. The SMILES string of the molecule is COCCC1(CNc2ccc(N)c(C(N)=O)c2)CC1. The molecule has 5 N–H and O–H groups in total. The van der Waals surface area contributed by atoms with E-state index in [9.17, 15) is 4.79 Å². The number of amides is 1. The third-order valence-electron chi connectivity index (χ3n) is 3.78. The molecule has 1 aromatic carbocycles. The summed E-state index contributed by atoms with van der Waals surface area (Å²) in [6.45, 7) is 1.68. The Kier molecular flexibility index (Phi) is 3.95. The molecule has 0 atom stereocenters. The number of rotatable bonds is 7. The van der Waals surface area contributed by atoms with Crippen LogP contribution in [0.4, 0.5) is 11.4 Å². The Morgan fingerprint density at radius 3 is 2.79 bits per heavy atom. The first-order valence-corrected chi connectivity index (χ1v) is 6.48. The van der Waals surface area contributed by atoms with E-state index >= 15 is 0 Å². The molecule has 0 aromatic heterocycles. The number of carbonyl (C=O) groups is 1. The van der Waals surface area contributed by atoms with E-state index in [-0.39, 0.29) is 0 Å². The zero-order valence-electron chi connectivity index (χ0n) is 11.2. The van der Waals surface area contributed by atoms with Gasteiger partial charge in [-0.1, -0.05) is 0 Å². The maximum atomic E-state index is 11.2. The van der Waals surface area contributed by atoms with E-state index in [0.29, 0.717) is 16.7 Å². The molecule has 1 aliphatic rings. The van der Waals surface area contributed by atoms with Crippen molar-refractivity contribution in [2.45, 2.75) is 19.3 Å². The van der Waals surface area contributed by atoms with Crippen molar-refractivity contribution in [1.29, 1.82) is 0 Å². The molecule has 0 saturated heterocycles. The van der Waals surface area contributed by atoms with Crippen LogP contribution in [-0.4, -0.2) is 26.2 Å². The van der Waals surface area contributed by atoms with Crippen LogP contribution in [0.25, 0.3) is 0 Å². The van der Waals surface area contributed by atoms with Gasteiger partial charge in [0, 0.05) is 31.6 Å². The van der Waals surface area contributed by atoms with Crippen LogP contribution < -0.4 is 16.8 Å². The second-order valence-corrected chi connectivity index (χ2v) is 5.26. The Morgan fingerprint density at radius 1 is 1.47 bits per heavy atom. The number of nitrogen functional groups attached to an aromatic ring is 1. The van der Waals surface area contributed by atoms with Crippen LogP contribution >= 0.6 is 0 Å². The van der Waals surface area contributed by atoms with Crippen LogP contribution in [0.1, 0.15) is 29.6 Å². The molecule has 5 nitrogen and oxygen atoms in total. The van der Waals surface area contributed by atoms with Crippen molar-refractivity contribution in [1.82, 2.24) is 0 Å². The molecule has 19 heavy (non-hydrogen) atoms.